The van der Waals surface area contributed by atoms with E-state index in [1.165, 1.54) is 10.4 Å². The molecule has 1 atom stereocenters. The van der Waals surface area contributed by atoms with Crippen LogP contribution >= 0.6 is 11.3 Å². The lowest BCUT2D eigenvalue weighted by Crippen LogP contribution is -2.26. The first kappa shape index (κ1) is 17.5. The number of nitrogens with zero attached hydrogens (tertiary/aromatic N) is 2. The molecule has 4 aromatic rings. The number of nitrogens with one attached hydrogen (secondary N) is 1. The van der Waals surface area contributed by atoms with E-state index in [1.807, 2.05) is 42.5 Å². The summed E-state index contributed by atoms with van der Waals surface area (Å²) in [4.78, 5) is 18.5. The van der Waals surface area contributed by atoms with Crippen LogP contribution in [0.25, 0.3) is 10.2 Å². The average molecular weight is 375 g/mol. The highest BCUT2D eigenvalue weighted by atomic mass is 32.1. The third-order valence-electron chi connectivity index (χ3n) is 4.71. The van der Waals surface area contributed by atoms with Gasteiger partial charge in [0.05, 0.1) is 28.5 Å². The van der Waals surface area contributed by atoms with Gasteiger partial charge in [-0.3, -0.25) is 9.78 Å². The second-order valence-corrected chi connectivity index (χ2v) is 7.88. The molecule has 1 N–H and O–H groups in total. The van der Waals surface area contributed by atoms with Crippen molar-refractivity contribution in [3.63, 3.8) is 0 Å². The standard InChI is InChI=1S/C22H21N3OS/c1-15-12-19-21(27-15)13-20(22(26)24-14-18-10-6-7-11-23-18)25(19)16(2)17-8-4-3-5-9-17/h3-13,16H,14H2,1-2H3,(H,24,26)/t16-/m0/s1. The fourth-order valence-corrected chi connectivity index (χ4v) is 4.32. The first-order valence-corrected chi connectivity index (χ1v) is 9.79. The Hall–Kier alpha value is -2.92. The Labute approximate surface area is 162 Å². The van der Waals surface area contributed by atoms with E-state index < -0.39 is 0 Å². The molecule has 0 fully saturated rings. The van der Waals surface area contributed by atoms with Crippen molar-refractivity contribution < 1.29 is 4.79 Å². The zero-order chi connectivity index (χ0) is 18.8. The molecule has 5 heteroatoms. The number of thiophene rings is 1. The fourth-order valence-electron chi connectivity index (χ4n) is 3.37. The molecule has 0 bridgehead atoms. The van der Waals surface area contributed by atoms with Crippen LogP contribution in [0.1, 0.15) is 39.6 Å². The van der Waals surface area contributed by atoms with Crippen molar-refractivity contribution in [2.24, 2.45) is 0 Å². The molecule has 136 valence electrons. The van der Waals surface area contributed by atoms with Crippen LogP contribution in [0.4, 0.5) is 0 Å². The van der Waals surface area contributed by atoms with Crippen molar-refractivity contribution in [3.8, 4) is 0 Å². The monoisotopic (exact) mass is 375 g/mol. The summed E-state index contributed by atoms with van der Waals surface area (Å²) in [6, 6.07) is 20.2. The molecule has 1 aromatic carbocycles. The summed E-state index contributed by atoms with van der Waals surface area (Å²) in [5, 5.41) is 3.01. The van der Waals surface area contributed by atoms with Gasteiger partial charge in [-0.2, -0.15) is 0 Å². The molecule has 0 spiro atoms. The molecule has 3 aromatic heterocycles. The lowest BCUT2D eigenvalue weighted by Gasteiger charge is -2.19. The molecular weight excluding hydrogens is 354 g/mol. The summed E-state index contributed by atoms with van der Waals surface area (Å²) in [5.74, 6) is -0.0792. The van der Waals surface area contributed by atoms with Crippen molar-refractivity contribution in [1.82, 2.24) is 14.9 Å². The highest BCUT2D eigenvalue weighted by Crippen LogP contribution is 2.33. The van der Waals surface area contributed by atoms with Gasteiger partial charge in [0.25, 0.3) is 5.91 Å². The lowest BCUT2D eigenvalue weighted by atomic mass is 10.1. The van der Waals surface area contributed by atoms with Crippen LogP contribution in [0.5, 0.6) is 0 Å². The minimum Gasteiger partial charge on any atom is -0.345 e. The van der Waals surface area contributed by atoms with Crippen LogP contribution in [-0.2, 0) is 6.54 Å². The average Bonchev–Trinajstić information content (AvgIpc) is 3.23. The number of fused-ring (bicyclic) bond motifs is 1. The number of benzene rings is 1. The largest absolute Gasteiger partial charge is 0.345 e. The Kier molecular flexibility index (Phi) is 4.77. The molecular formula is C22H21N3OS. The second kappa shape index (κ2) is 7.37. The Balaban J connectivity index is 1.69. The van der Waals surface area contributed by atoms with Gasteiger partial charge in [-0.1, -0.05) is 36.4 Å². The summed E-state index contributed by atoms with van der Waals surface area (Å²) >= 11 is 1.72. The molecule has 4 nitrogen and oxygen atoms in total. The Bertz CT molecular complexity index is 1070. The summed E-state index contributed by atoms with van der Waals surface area (Å²) < 4.78 is 3.28. The Morgan fingerprint density at radius 2 is 1.93 bits per heavy atom. The summed E-state index contributed by atoms with van der Waals surface area (Å²) in [6.45, 7) is 4.65. The molecule has 0 saturated heterocycles. The van der Waals surface area contributed by atoms with Crippen molar-refractivity contribution in [2.75, 3.05) is 0 Å². The number of amides is 1. The van der Waals surface area contributed by atoms with Crippen molar-refractivity contribution >= 4 is 27.5 Å². The molecule has 0 unspecified atom stereocenters. The normalized spacial score (nSPS) is 12.2. The number of carbonyl (C=O) groups excluding carboxylic acids is 1. The van der Waals surface area contributed by atoms with Crippen LogP contribution in [0.3, 0.4) is 0 Å². The zero-order valence-electron chi connectivity index (χ0n) is 15.3. The van der Waals surface area contributed by atoms with Crippen LogP contribution in [0.2, 0.25) is 0 Å². The van der Waals surface area contributed by atoms with Crippen LogP contribution in [0.15, 0.2) is 66.9 Å². The van der Waals surface area contributed by atoms with Crippen molar-refractivity contribution in [1.29, 1.82) is 0 Å². The number of pyridine rings is 1. The van der Waals surface area contributed by atoms with Crippen LogP contribution in [-0.4, -0.2) is 15.5 Å². The minimum atomic E-state index is -0.0792. The van der Waals surface area contributed by atoms with Gasteiger partial charge in [0.15, 0.2) is 0 Å². The minimum absolute atomic E-state index is 0.0632. The summed E-state index contributed by atoms with van der Waals surface area (Å²) in [6.07, 6.45) is 1.74. The topological polar surface area (TPSA) is 46.9 Å². The highest BCUT2D eigenvalue weighted by Gasteiger charge is 2.21. The van der Waals surface area contributed by atoms with E-state index in [9.17, 15) is 4.79 Å². The highest BCUT2D eigenvalue weighted by molar-refractivity contribution is 7.19. The first-order valence-electron chi connectivity index (χ1n) is 8.98. The van der Waals surface area contributed by atoms with Crippen LogP contribution in [0, 0.1) is 6.92 Å². The van der Waals surface area contributed by atoms with Crippen molar-refractivity contribution in [3.05, 3.63) is 88.7 Å². The molecule has 1 amide bonds. The maximum Gasteiger partial charge on any atom is 0.268 e. The number of carbonyl (C=O) groups is 1. The van der Waals surface area contributed by atoms with E-state index in [0.29, 0.717) is 12.2 Å². The van der Waals surface area contributed by atoms with E-state index in [-0.39, 0.29) is 11.9 Å². The van der Waals surface area contributed by atoms with Gasteiger partial charge in [0, 0.05) is 11.1 Å². The number of hydrogen-bond donors (Lipinski definition) is 1. The Morgan fingerprint density at radius 3 is 2.67 bits per heavy atom. The van der Waals surface area contributed by atoms with Gasteiger partial charge in [0.2, 0.25) is 0 Å². The molecule has 27 heavy (non-hydrogen) atoms. The number of hydrogen-bond acceptors (Lipinski definition) is 3. The third-order valence-corrected chi connectivity index (χ3v) is 5.70. The number of aromatic nitrogens is 2. The fraction of sp³-hybridized carbons (Fsp3) is 0.182. The predicted molar refractivity (Wildman–Crippen MR) is 110 cm³/mol. The molecule has 0 aliphatic heterocycles. The predicted octanol–water partition coefficient (Wildman–Crippen LogP) is 4.95. The second-order valence-electron chi connectivity index (χ2n) is 6.60. The van der Waals surface area contributed by atoms with Crippen LogP contribution < -0.4 is 5.32 Å². The third kappa shape index (κ3) is 3.51. The van der Waals surface area contributed by atoms with Gasteiger partial charge >= 0.3 is 0 Å². The van der Waals surface area contributed by atoms with Gasteiger partial charge in [-0.05, 0) is 43.7 Å². The molecule has 0 aliphatic carbocycles. The van der Waals surface area contributed by atoms with Gasteiger partial charge < -0.3 is 9.88 Å². The molecule has 3 heterocycles. The SMILES string of the molecule is Cc1cc2c(cc(C(=O)NCc3ccccn3)n2[C@@H](C)c2ccccc2)s1. The maximum absolute atomic E-state index is 13.0. The smallest absolute Gasteiger partial charge is 0.268 e. The van der Waals surface area contributed by atoms with Crippen molar-refractivity contribution in [2.45, 2.75) is 26.4 Å². The number of aryl methyl sites for hydroxylation is 1. The zero-order valence-corrected chi connectivity index (χ0v) is 16.2. The number of rotatable bonds is 5. The van der Waals surface area contributed by atoms with E-state index in [0.717, 1.165) is 15.9 Å². The van der Waals surface area contributed by atoms with E-state index in [1.54, 1.807) is 17.5 Å². The molecule has 0 aliphatic rings. The van der Waals surface area contributed by atoms with E-state index in [4.69, 9.17) is 0 Å². The van der Waals surface area contributed by atoms with Gasteiger partial charge in [-0.15, -0.1) is 11.3 Å². The lowest BCUT2D eigenvalue weighted by molar-refractivity contribution is 0.0940. The summed E-state index contributed by atoms with van der Waals surface area (Å²) in [7, 11) is 0. The van der Waals surface area contributed by atoms with Gasteiger partial charge in [-0.25, -0.2) is 0 Å². The quantitative estimate of drug-likeness (QED) is 0.537. The maximum atomic E-state index is 13.0. The summed E-state index contributed by atoms with van der Waals surface area (Å²) in [5.41, 5.74) is 3.82. The molecule has 4 rings (SSSR count). The first-order chi connectivity index (χ1) is 13.1. The van der Waals surface area contributed by atoms with E-state index >= 15 is 0 Å². The Morgan fingerprint density at radius 1 is 1.15 bits per heavy atom. The molecule has 0 radical (unpaired) electrons. The van der Waals surface area contributed by atoms with E-state index in [2.05, 4.69) is 46.9 Å². The van der Waals surface area contributed by atoms with Gasteiger partial charge in [0.1, 0.15) is 5.69 Å². The molecule has 0 saturated carbocycles.